The summed E-state index contributed by atoms with van der Waals surface area (Å²) in [6.07, 6.45) is 1.77. The van der Waals surface area contributed by atoms with Crippen LogP contribution in [-0.4, -0.2) is 78.4 Å². The molecule has 1 saturated heterocycles. The Morgan fingerprint density at radius 1 is 0.918 bits per heavy atom. The third-order valence-corrected chi connectivity index (χ3v) is 10.2. The molecule has 0 radical (unpaired) electrons. The minimum Gasteiger partial charge on any atom is -0.493 e. The first-order valence-electron chi connectivity index (χ1n) is 15.7. The molecule has 1 fully saturated rings. The van der Waals surface area contributed by atoms with E-state index >= 15 is 0 Å². The Morgan fingerprint density at radius 2 is 1.63 bits per heavy atom. The number of hydrogen-bond donors (Lipinski definition) is 2. The van der Waals surface area contributed by atoms with Crippen LogP contribution >= 0.6 is 0 Å². The van der Waals surface area contributed by atoms with E-state index in [9.17, 15) is 16.8 Å². The average molecular weight is 713 g/mol. The molecule has 2 aromatic carbocycles. The van der Waals surface area contributed by atoms with Gasteiger partial charge in [-0.25, -0.2) is 18.1 Å². The molecule has 0 saturated carbocycles. The third-order valence-electron chi connectivity index (χ3n) is 7.51. The lowest BCUT2D eigenvalue weighted by molar-refractivity contribution is 0.122. The standard InChI is InChI=1S/C33H40N6O8S2/c1-23(2)25-12-15-29(34-22-25)49(42,43)38-31-30(47-28-9-6-5-8-27(28)44-4)32(37-33(36-31)39-17-20-45-21-18-39)46-19-7-16-35-48(40,41)26-13-10-24(3)11-14-26/h5-6,8-15,22-23,35H,7,16-21H2,1-4H3,(H,36,37,38). The zero-order valence-electron chi connectivity index (χ0n) is 27.7. The SMILES string of the molecule is COc1ccccc1Oc1c(NS(=O)(=O)c2ccc(C(C)C)cn2)nc(N2CCOCC2)nc1OCCCNS(=O)(=O)c1ccc(C)cc1. The number of anilines is 2. The zero-order valence-corrected chi connectivity index (χ0v) is 29.4. The molecule has 0 unspecified atom stereocenters. The second-order valence-corrected chi connectivity index (χ2v) is 14.9. The van der Waals surface area contributed by atoms with E-state index in [4.69, 9.17) is 18.9 Å². The fourth-order valence-electron chi connectivity index (χ4n) is 4.72. The van der Waals surface area contributed by atoms with Gasteiger partial charge in [0.05, 0.1) is 31.8 Å². The van der Waals surface area contributed by atoms with Crippen molar-refractivity contribution in [3.63, 3.8) is 0 Å². The number of ether oxygens (including phenoxy) is 4. The maximum atomic E-state index is 13.7. The van der Waals surface area contributed by atoms with Crippen LogP contribution in [-0.2, 0) is 24.8 Å². The van der Waals surface area contributed by atoms with Crippen LogP contribution in [0.4, 0.5) is 11.8 Å². The number of aryl methyl sites for hydroxylation is 1. The maximum Gasteiger partial charge on any atom is 0.280 e. The summed E-state index contributed by atoms with van der Waals surface area (Å²) in [6.45, 7) is 7.68. The predicted octanol–water partition coefficient (Wildman–Crippen LogP) is 4.49. The Balaban J connectivity index is 1.47. The highest BCUT2D eigenvalue weighted by atomic mass is 32.2. The lowest BCUT2D eigenvalue weighted by atomic mass is 10.1. The van der Waals surface area contributed by atoms with Gasteiger partial charge in [0.15, 0.2) is 22.3 Å². The topological polar surface area (TPSA) is 171 Å². The lowest BCUT2D eigenvalue weighted by Gasteiger charge is -2.28. The number of sulfonamides is 2. The molecule has 5 rings (SSSR count). The van der Waals surface area contributed by atoms with Gasteiger partial charge < -0.3 is 23.8 Å². The average Bonchev–Trinajstić information content (AvgIpc) is 3.09. The molecule has 262 valence electrons. The number of nitrogens with zero attached hydrogens (tertiary/aromatic N) is 4. The quantitative estimate of drug-likeness (QED) is 0.166. The summed E-state index contributed by atoms with van der Waals surface area (Å²) in [4.78, 5) is 15.4. The summed E-state index contributed by atoms with van der Waals surface area (Å²) in [5.74, 6) is 0.598. The fourth-order valence-corrected chi connectivity index (χ4v) is 6.73. The van der Waals surface area contributed by atoms with Crippen molar-refractivity contribution in [1.82, 2.24) is 19.7 Å². The number of methoxy groups -OCH3 is 1. The monoisotopic (exact) mass is 712 g/mol. The molecular formula is C33H40N6O8S2. The molecule has 0 atom stereocenters. The summed E-state index contributed by atoms with van der Waals surface area (Å²) in [7, 11) is -6.52. The zero-order chi connectivity index (χ0) is 35.0. The number of pyridine rings is 1. The lowest BCUT2D eigenvalue weighted by Crippen LogP contribution is -2.37. The van der Waals surface area contributed by atoms with Crippen LogP contribution in [0.3, 0.4) is 0 Å². The Labute approximate surface area is 286 Å². The number of hydrogen-bond acceptors (Lipinski definition) is 12. The van der Waals surface area contributed by atoms with Gasteiger partial charge in [0.2, 0.25) is 21.7 Å². The molecule has 4 aromatic rings. The van der Waals surface area contributed by atoms with E-state index in [2.05, 4.69) is 24.4 Å². The van der Waals surface area contributed by atoms with Crippen molar-refractivity contribution in [1.29, 1.82) is 0 Å². The van der Waals surface area contributed by atoms with Crippen LogP contribution in [0.2, 0.25) is 0 Å². The molecule has 14 nitrogen and oxygen atoms in total. The smallest absolute Gasteiger partial charge is 0.280 e. The van der Waals surface area contributed by atoms with E-state index in [0.29, 0.717) is 32.1 Å². The molecule has 0 spiro atoms. The Morgan fingerprint density at radius 3 is 2.29 bits per heavy atom. The van der Waals surface area contributed by atoms with E-state index in [-0.39, 0.29) is 64.6 Å². The van der Waals surface area contributed by atoms with Crippen LogP contribution in [0, 0.1) is 6.92 Å². The molecule has 1 aliphatic rings. The molecular weight excluding hydrogens is 673 g/mol. The van der Waals surface area contributed by atoms with Gasteiger partial charge in [0.1, 0.15) is 0 Å². The van der Waals surface area contributed by atoms with Gasteiger partial charge in [0, 0.05) is 25.8 Å². The first-order chi connectivity index (χ1) is 23.5. The van der Waals surface area contributed by atoms with Crippen molar-refractivity contribution in [2.45, 2.75) is 43.0 Å². The van der Waals surface area contributed by atoms with Gasteiger partial charge in [-0.3, -0.25) is 4.72 Å². The number of nitrogens with one attached hydrogen (secondary N) is 2. The van der Waals surface area contributed by atoms with E-state index in [1.165, 1.54) is 19.4 Å². The molecule has 0 bridgehead atoms. The van der Waals surface area contributed by atoms with E-state index in [1.54, 1.807) is 54.6 Å². The van der Waals surface area contributed by atoms with Gasteiger partial charge >= 0.3 is 0 Å². The molecule has 0 amide bonds. The molecule has 2 N–H and O–H groups in total. The summed E-state index contributed by atoms with van der Waals surface area (Å²) in [6, 6.07) is 16.5. The van der Waals surface area contributed by atoms with Crippen molar-refractivity contribution >= 4 is 31.8 Å². The van der Waals surface area contributed by atoms with Crippen molar-refractivity contribution in [3.8, 4) is 23.1 Å². The Kier molecular flexibility index (Phi) is 11.5. The largest absolute Gasteiger partial charge is 0.493 e. The summed E-state index contributed by atoms with van der Waals surface area (Å²) in [5.41, 5.74) is 1.83. The molecule has 3 heterocycles. The molecule has 16 heteroatoms. The highest BCUT2D eigenvalue weighted by molar-refractivity contribution is 7.92. The van der Waals surface area contributed by atoms with Crippen LogP contribution in [0.1, 0.15) is 37.3 Å². The summed E-state index contributed by atoms with van der Waals surface area (Å²) in [5, 5.41) is -0.213. The van der Waals surface area contributed by atoms with Gasteiger partial charge in [-0.1, -0.05) is 49.7 Å². The van der Waals surface area contributed by atoms with Crippen LogP contribution in [0.15, 0.2) is 76.8 Å². The maximum absolute atomic E-state index is 13.7. The van der Waals surface area contributed by atoms with Gasteiger partial charge in [0.25, 0.3) is 15.9 Å². The van der Waals surface area contributed by atoms with Crippen LogP contribution in [0.5, 0.6) is 23.1 Å². The van der Waals surface area contributed by atoms with E-state index in [1.807, 2.05) is 25.7 Å². The Hall–Kier alpha value is -4.51. The third kappa shape index (κ3) is 9.14. The van der Waals surface area contributed by atoms with Gasteiger partial charge in [-0.2, -0.15) is 18.4 Å². The second-order valence-electron chi connectivity index (χ2n) is 11.5. The van der Waals surface area contributed by atoms with Gasteiger partial charge in [-0.15, -0.1) is 0 Å². The molecule has 49 heavy (non-hydrogen) atoms. The highest BCUT2D eigenvalue weighted by Crippen LogP contribution is 2.41. The first-order valence-corrected chi connectivity index (χ1v) is 18.7. The van der Waals surface area contributed by atoms with Crippen molar-refractivity contribution in [3.05, 3.63) is 78.0 Å². The number of aromatic nitrogens is 3. The first kappa shape index (κ1) is 35.8. The van der Waals surface area contributed by atoms with E-state index < -0.39 is 20.0 Å². The van der Waals surface area contributed by atoms with Crippen molar-refractivity contribution in [2.24, 2.45) is 0 Å². The van der Waals surface area contributed by atoms with Crippen LogP contribution in [0.25, 0.3) is 0 Å². The minimum absolute atomic E-state index is 0.00266. The number of rotatable bonds is 15. The normalized spacial score (nSPS) is 13.7. The summed E-state index contributed by atoms with van der Waals surface area (Å²) >= 11 is 0. The van der Waals surface area contributed by atoms with Crippen molar-refractivity contribution in [2.75, 3.05) is 56.2 Å². The van der Waals surface area contributed by atoms with Gasteiger partial charge in [-0.05, 0) is 55.2 Å². The van der Waals surface area contributed by atoms with Crippen molar-refractivity contribution < 1.29 is 35.8 Å². The number of para-hydroxylation sites is 2. The number of benzene rings is 2. The van der Waals surface area contributed by atoms with E-state index in [0.717, 1.165) is 11.1 Å². The predicted molar refractivity (Wildman–Crippen MR) is 184 cm³/mol. The fraction of sp³-hybridized carbons (Fsp3) is 0.364. The highest BCUT2D eigenvalue weighted by Gasteiger charge is 2.28. The minimum atomic E-state index is -4.26. The molecule has 2 aromatic heterocycles. The van der Waals surface area contributed by atoms with Crippen LogP contribution < -0.4 is 28.6 Å². The molecule has 0 aliphatic carbocycles. The number of morpholine rings is 1. The second kappa shape index (κ2) is 15.8. The summed E-state index contributed by atoms with van der Waals surface area (Å²) < 4.78 is 81.3. The Bertz CT molecular complexity index is 1940. The molecule has 1 aliphatic heterocycles.